The van der Waals surface area contributed by atoms with Gasteiger partial charge in [-0.25, -0.2) is 0 Å². The minimum atomic E-state index is -1.73. The highest BCUT2D eigenvalue weighted by atomic mass is 32.2. The molecule has 0 N–H and O–H groups in total. The van der Waals surface area contributed by atoms with Crippen LogP contribution in [0, 0.1) is 0 Å². The first kappa shape index (κ1) is 18.2. The summed E-state index contributed by atoms with van der Waals surface area (Å²) in [5.41, 5.74) is -0.0193. The van der Waals surface area contributed by atoms with Crippen LogP contribution in [0.5, 0.6) is 0 Å². The number of rotatable bonds is 5. The molecule has 1 rings (SSSR count). The SMILES string of the molecule is CC(C)(C)[S@@+]([O-])/N=C/CC1(O[Si](C)(C)C(C)(C)C)CC1. The molecule has 0 unspecified atom stereocenters. The molecule has 1 atom stereocenters. The second-order valence-corrected chi connectivity index (χ2v) is 15.1. The van der Waals surface area contributed by atoms with Crippen molar-refractivity contribution < 1.29 is 8.98 Å². The lowest BCUT2D eigenvalue weighted by atomic mass is 10.2. The van der Waals surface area contributed by atoms with E-state index in [2.05, 4.69) is 38.3 Å². The fourth-order valence-electron chi connectivity index (χ4n) is 1.61. The number of hydrogen-bond donors (Lipinski definition) is 0. The molecule has 0 radical (unpaired) electrons. The fraction of sp³-hybridized carbons (Fsp3) is 0.933. The summed E-state index contributed by atoms with van der Waals surface area (Å²) >= 11 is -1.16. The lowest BCUT2D eigenvalue weighted by Crippen LogP contribution is -2.44. The lowest BCUT2D eigenvalue weighted by Gasteiger charge is -2.39. The second kappa shape index (κ2) is 5.74. The Morgan fingerprint density at radius 1 is 1.20 bits per heavy atom. The Morgan fingerprint density at radius 3 is 2.05 bits per heavy atom. The minimum Gasteiger partial charge on any atom is -0.591 e. The van der Waals surface area contributed by atoms with E-state index in [0.29, 0.717) is 0 Å². The van der Waals surface area contributed by atoms with Crippen LogP contribution in [-0.4, -0.2) is 29.4 Å². The van der Waals surface area contributed by atoms with Crippen molar-refractivity contribution in [3.8, 4) is 0 Å². The van der Waals surface area contributed by atoms with Crippen molar-refractivity contribution in [3.05, 3.63) is 0 Å². The van der Waals surface area contributed by atoms with Gasteiger partial charge in [0.25, 0.3) is 0 Å². The third-order valence-electron chi connectivity index (χ3n) is 4.24. The molecule has 1 fully saturated rings. The van der Waals surface area contributed by atoms with Crippen molar-refractivity contribution in [2.75, 3.05) is 0 Å². The summed E-state index contributed by atoms with van der Waals surface area (Å²) in [6, 6.07) is 0. The van der Waals surface area contributed by atoms with Gasteiger partial charge in [-0.05, 0) is 51.7 Å². The van der Waals surface area contributed by atoms with E-state index < -0.39 is 19.7 Å². The molecule has 0 aromatic heterocycles. The summed E-state index contributed by atoms with van der Waals surface area (Å²) in [7, 11) is -1.73. The Morgan fingerprint density at radius 2 is 1.70 bits per heavy atom. The summed E-state index contributed by atoms with van der Waals surface area (Å²) in [5, 5.41) is 0.230. The molecular formula is C15H31NO2SSi. The van der Waals surface area contributed by atoms with Crippen LogP contribution in [0.1, 0.15) is 60.8 Å². The largest absolute Gasteiger partial charge is 0.591 e. The van der Waals surface area contributed by atoms with E-state index in [-0.39, 0.29) is 15.4 Å². The molecule has 0 aliphatic heterocycles. The monoisotopic (exact) mass is 317 g/mol. The molecule has 0 heterocycles. The van der Waals surface area contributed by atoms with Crippen LogP contribution in [0.15, 0.2) is 4.40 Å². The Hall–Kier alpha value is 0.157. The molecule has 3 nitrogen and oxygen atoms in total. The van der Waals surface area contributed by atoms with Crippen LogP contribution < -0.4 is 0 Å². The molecule has 0 amide bonds. The van der Waals surface area contributed by atoms with Crippen molar-refractivity contribution in [1.29, 1.82) is 0 Å². The van der Waals surface area contributed by atoms with Crippen molar-refractivity contribution in [1.82, 2.24) is 0 Å². The van der Waals surface area contributed by atoms with Gasteiger partial charge in [0.1, 0.15) is 16.1 Å². The standard InChI is InChI=1S/C15H31NO2SSi/c1-13(2,3)19(17)16-12-11-15(9-10-15)18-20(7,8)14(4,5)6/h12H,9-11H2,1-8H3/b16-12+/t19-/m1/s1. The highest BCUT2D eigenvalue weighted by Crippen LogP contribution is 2.49. The smallest absolute Gasteiger partial charge is 0.192 e. The summed E-state index contributed by atoms with van der Waals surface area (Å²) in [5.74, 6) is 0. The Labute approximate surface area is 129 Å². The summed E-state index contributed by atoms with van der Waals surface area (Å²) in [6.45, 7) is 17.2. The summed E-state index contributed by atoms with van der Waals surface area (Å²) in [6.07, 6.45) is 4.82. The summed E-state index contributed by atoms with van der Waals surface area (Å²) in [4.78, 5) is 0. The highest BCUT2D eigenvalue weighted by molar-refractivity contribution is 7.91. The second-order valence-electron chi connectivity index (χ2n) is 8.40. The summed E-state index contributed by atoms with van der Waals surface area (Å²) < 4.78 is 22.3. The molecule has 20 heavy (non-hydrogen) atoms. The molecule has 118 valence electrons. The minimum absolute atomic E-state index is 0.0193. The molecule has 1 aliphatic rings. The van der Waals surface area contributed by atoms with Gasteiger partial charge in [0, 0.05) is 6.42 Å². The quantitative estimate of drug-likeness (QED) is 0.427. The molecule has 1 aliphatic carbocycles. The lowest BCUT2D eigenvalue weighted by molar-refractivity contribution is 0.167. The number of hydrogen-bond acceptors (Lipinski definition) is 3. The van der Waals surface area contributed by atoms with Gasteiger partial charge in [-0.15, -0.1) is 0 Å². The Balaban J connectivity index is 2.59. The van der Waals surface area contributed by atoms with Gasteiger partial charge in [-0.1, -0.05) is 25.2 Å². The van der Waals surface area contributed by atoms with Gasteiger partial charge in [0.05, 0.1) is 11.8 Å². The van der Waals surface area contributed by atoms with E-state index in [1.807, 2.05) is 27.0 Å². The molecule has 1 saturated carbocycles. The van der Waals surface area contributed by atoms with E-state index in [9.17, 15) is 4.55 Å². The van der Waals surface area contributed by atoms with Crippen molar-refractivity contribution in [2.45, 2.75) is 89.3 Å². The van der Waals surface area contributed by atoms with Crippen molar-refractivity contribution in [2.24, 2.45) is 4.40 Å². The zero-order valence-electron chi connectivity index (χ0n) is 14.4. The third-order valence-corrected chi connectivity index (χ3v) is 10.2. The first-order valence-electron chi connectivity index (χ1n) is 7.44. The first-order chi connectivity index (χ1) is 8.79. The zero-order valence-corrected chi connectivity index (χ0v) is 16.2. The van der Waals surface area contributed by atoms with Crippen LogP contribution >= 0.6 is 0 Å². The van der Waals surface area contributed by atoms with Gasteiger partial charge < -0.3 is 8.98 Å². The van der Waals surface area contributed by atoms with Gasteiger partial charge in [-0.3, -0.25) is 0 Å². The van der Waals surface area contributed by atoms with E-state index in [1.165, 1.54) is 0 Å². The molecular weight excluding hydrogens is 286 g/mol. The van der Waals surface area contributed by atoms with Gasteiger partial charge in [0.2, 0.25) is 0 Å². The topological polar surface area (TPSA) is 44.7 Å². The molecule has 0 spiro atoms. The average molecular weight is 318 g/mol. The first-order valence-corrected chi connectivity index (χ1v) is 11.5. The zero-order chi connectivity index (χ0) is 15.8. The van der Waals surface area contributed by atoms with Crippen molar-refractivity contribution >= 4 is 25.9 Å². The normalized spacial score (nSPS) is 21.2. The van der Waals surface area contributed by atoms with Gasteiger partial charge >= 0.3 is 0 Å². The molecule has 5 heteroatoms. The van der Waals surface area contributed by atoms with Crippen LogP contribution in [0.3, 0.4) is 0 Å². The predicted octanol–water partition coefficient (Wildman–Crippen LogP) is 4.46. The Bertz CT molecular complexity index is 365. The maximum atomic E-state index is 11.9. The average Bonchev–Trinajstić information content (AvgIpc) is 2.93. The molecule has 0 saturated heterocycles. The van der Waals surface area contributed by atoms with E-state index in [0.717, 1.165) is 19.3 Å². The van der Waals surface area contributed by atoms with Crippen LogP contribution in [-0.2, 0) is 15.8 Å². The molecule has 0 aromatic rings. The fourth-order valence-corrected chi connectivity index (χ4v) is 3.81. The third kappa shape index (κ3) is 4.86. The van der Waals surface area contributed by atoms with E-state index in [1.54, 1.807) is 0 Å². The molecule has 0 bridgehead atoms. The molecule has 0 aromatic carbocycles. The van der Waals surface area contributed by atoms with Gasteiger partial charge in [-0.2, -0.15) is 0 Å². The van der Waals surface area contributed by atoms with Crippen molar-refractivity contribution in [3.63, 3.8) is 0 Å². The van der Waals surface area contributed by atoms with Crippen LogP contribution in [0.2, 0.25) is 18.1 Å². The maximum Gasteiger partial charge on any atom is 0.192 e. The maximum absolute atomic E-state index is 11.9. The van der Waals surface area contributed by atoms with Crippen LogP contribution in [0.4, 0.5) is 0 Å². The highest BCUT2D eigenvalue weighted by Gasteiger charge is 2.50. The predicted molar refractivity (Wildman–Crippen MR) is 91.3 cm³/mol. The van der Waals surface area contributed by atoms with Crippen LogP contribution in [0.25, 0.3) is 0 Å². The van der Waals surface area contributed by atoms with Gasteiger partial charge in [0.15, 0.2) is 8.32 Å². The van der Waals surface area contributed by atoms with E-state index in [4.69, 9.17) is 4.43 Å². The number of nitrogens with zero attached hydrogens (tertiary/aromatic N) is 1. The Kier molecular flexibility index (Phi) is 5.23. The van der Waals surface area contributed by atoms with E-state index >= 15 is 0 Å².